The second-order valence-electron chi connectivity index (χ2n) is 3.68. The van der Waals surface area contributed by atoms with Gasteiger partial charge < -0.3 is 5.11 Å². The highest BCUT2D eigenvalue weighted by molar-refractivity contribution is 7.21. The summed E-state index contributed by atoms with van der Waals surface area (Å²) in [6.45, 7) is 0. The van der Waals surface area contributed by atoms with Crippen molar-refractivity contribution in [2.24, 2.45) is 0 Å². The molecule has 0 fully saturated rings. The molecule has 1 heterocycles. The van der Waals surface area contributed by atoms with E-state index in [0.29, 0.717) is 0 Å². The summed E-state index contributed by atoms with van der Waals surface area (Å²) in [6.07, 6.45) is 0. The van der Waals surface area contributed by atoms with Crippen molar-refractivity contribution in [1.82, 2.24) is 4.98 Å². The van der Waals surface area contributed by atoms with Gasteiger partial charge in [-0.25, -0.2) is 9.37 Å². The number of rotatable bonds is 1. The Labute approximate surface area is 101 Å². The van der Waals surface area contributed by atoms with Gasteiger partial charge in [0.15, 0.2) is 0 Å². The Morgan fingerprint density at radius 1 is 1.06 bits per heavy atom. The maximum Gasteiger partial charge on any atom is 0.124 e. The van der Waals surface area contributed by atoms with Crippen LogP contribution in [0.2, 0.25) is 0 Å². The molecule has 1 aromatic heterocycles. The maximum absolute atomic E-state index is 13.0. The molecule has 0 unspecified atom stereocenters. The molecule has 4 heteroatoms. The van der Waals surface area contributed by atoms with Crippen molar-refractivity contribution in [3.63, 3.8) is 0 Å². The molecule has 0 aliphatic rings. The normalized spacial score (nSPS) is 10.9. The van der Waals surface area contributed by atoms with Crippen LogP contribution in [-0.2, 0) is 0 Å². The predicted molar refractivity (Wildman–Crippen MR) is 66.7 cm³/mol. The summed E-state index contributed by atoms with van der Waals surface area (Å²) in [7, 11) is 0. The molecule has 0 aliphatic carbocycles. The lowest BCUT2D eigenvalue weighted by Crippen LogP contribution is -1.75. The van der Waals surface area contributed by atoms with Crippen molar-refractivity contribution in [1.29, 1.82) is 0 Å². The van der Waals surface area contributed by atoms with Crippen LogP contribution in [-0.4, -0.2) is 10.1 Å². The van der Waals surface area contributed by atoms with E-state index < -0.39 is 0 Å². The lowest BCUT2D eigenvalue weighted by molar-refractivity contribution is 0.475. The number of thiazole rings is 1. The molecule has 84 valence electrons. The van der Waals surface area contributed by atoms with Crippen LogP contribution < -0.4 is 0 Å². The molecule has 3 aromatic rings. The first-order valence-corrected chi connectivity index (χ1v) is 5.89. The van der Waals surface area contributed by atoms with Gasteiger partial charge in [-0.2, -0.15) is 0 Å². The van der Waals surface area contributed by atoms with Gasteiger partial charge in [-0.15, -0.1) is 11.3 Å². The highest BCUT2D eigenvalue weighted by Crippen LogP contribution is 2.31. The van der Waals surface area contributed by atoms with Crippen LogP contribution in [0.5, 0.6) is 5.75 Å². The summed E-state index contributed by atoms with van der Waals surface area (Å²) in [5.74, 6) is -0.0284. The molecular formula is C13H8FNOS. The quantitative estimate of drug-likeness (QED) is 0.707. The van der Waals surface area contributed by atoms with E-state index in [1.807, 2.05) is 0 Å². The number of hydrogen-bond acceptors (Lipinski definition) is 3. The topological polar surface area (TPSA) is 33.1 Å². The van der Waals surface area contributed by atoms with E-state index in [9.17, 15) is 9.50 Å². The lowest BCUT2D eigenvalue weighted by Gasteiger charge is -1.95. The number of fused-ring (bicyclic) bond motifs is 1. The molecule has 0 amide bonds. The van der Waals surface area contributed by atoms with Gasteiger partial charge in [-0.1, -0.05) is 0 Å². The Kier molecular flexibility index (Phi) is 2.30. The summed E-state index contributed by atoms with van der Waals surface area (Å²) in [4.78, 5) is 4.42. The summed E-state index contributed by atoms with van der Waals surface area (Å²) in [5.41, 5.74) is 1.71. The van der Waals surface area contributed by atoms with E-state index in [2.05, 4.69) is 4.98 Å². The summed E-state index contributed by atoms with van der Waals surface area (Å²) in [5, 5.41) is 10.0. The summed E-state index contributed by atoms with van der Waals surface area (Å²) < 4.78 is 13.9. The largest absolute Gasteiger partial charge is 0.508 e. The van der Waals surface area contributed by atoms with Crippen molar-refractivity contribution in [3.05, 3.63) is 48.3 Å². The minimum absolute atomic E-state index is 0.223. The second kappa shape index (κ2) is 3.82. The Morgan fingerprint density at radius 3 is 2.59 bits per heavy atom. The van der Waals surface area contributed by atoms with Crippen LogP contribution in [0.3, 0.4) is 0 Å². The fourth-order valence-electron chi connectivity index (χ4n) is 1.63. The van der Waals surface area contributed by atoms with Gasteiger partial charge in [-0.3, -0.25) is 0 Å². The van der Waals surface area contributed by atoms with E-state index in [-0.39, 0.29) is 11.6 Å². The van der Waals surface area contributed by atoms with Gasteiger partial charge in [0.05, 0.1) is 10.2 Å². The molecule has 0 aliphatic heterocycles. The molecule has 1 N–H and O–H groups in total. The number of benzene rings is 2. The van der Waals surface area contributed by atoms with E-state index in [0.717, 1.165) is 20.8 Å². The van der Waals surface area contributed by atoms with E-state index in [1.54, 1.807) is 30.3 Å². The van der Waals surface area contributed by atoms with Gasteiger partial charge >= 0.3 is 0 Å². The minimum Gasteiger partial charge on any atom is -0.508 e. The number of aromatic nitrogens is 1. The Morgan fingerprint density at radius 2 is 1.82 bits per heavy atom. The van der Waals surface area contributed by atoms with Crippen molar-refractivity contribution in [2.45, 2.75) is 0 Å². The Hall–Kier alpha value is -1.94. The lowest BCUT2D eigenvalue weighted by atomic mass is 10.2. The molecule has 0 bridgehead atoms. The van der Waals surface area contributed by atoms with Crippen LogP contribution in [0.1, 0.15) is 0 Å². The van der Waals surface area contributed by atoms with Crippen LogP contribution >= 0.6 is 11.3 Å². The highest BCUT2D eigenvalue weighted by Gasteiger charge is 2.06. The first kappa shape index (κ1) is 10.2. The number of halogens is 1. The average Bonchev–Trinajstić information content (AvgIpc) is 2.72. The molecule has 0 saturated carbocycles. The SMILES string of the molecule is Oc1ccc(-c2nc3ccc(F)cc3s2)cc1. The van der Waals surface area contributed by atoms with Gasteiger partial charge in [0.2, 0.25) is 0 Å². The van der Waals surface area contributed by atoms with Crippen molar-refractivity contribution >= 4 is 21.6 Å². The van der Waals surface area contributed by atoms with E-state index in [1.165, 1.54) is 23.5 Å². The van der Waals surface area contributed by atoms with Crippen LogP contribution in [0.15, 0.2) is 42.5 Å². The molecule has 3 rings (SSSR count). The summed E-state index contributed by atoms with van der Waals surface area (Å²) in [6, 6.07) is 11.4. The second-order valence-corrected chi connectivity index (χ2v) is 4.71. The van der Waals surface area contributed by atoms with Crippen LogP contribution in [0, 0.1) is 5.82 Å². The Balaban J connectivity index is 2.14. The third-order valence-corrected chi connectivity index (χ3v) is 3.53. The smallest absolute Gasteiger partial charge is 0.124 e. The van der Waals surface area contributed by atoms with Gasteiger partial charge in [0.25, 0.3) is 0 Å². The minimum atomic E-state index is -0.251. The fourth-order valence-corrected chi connectivity index (χ4v) is 2.62. The van der Waals surface area contributed by atoms with Crippen LogP contribution in [0.4, 0.5) is 4.39 Å². The third-order valence-electron chi connectivity index (χ3n) is 2.46. The van der Waals surface area contributed by atoms with Gasteiger partial charge in [-0.05, 0) is 42.5 Å². The van der Waals surface area contributed by atoms with Crippen molar-refractivity contribution in [3.8, 4) is 16.3 Å². The Bertz CT molecular complexity index is 675. The molecule has 0 radical (unpaired) electrons. The number of aromatic hydroxyl groups is 1. The van der Waals surface area contributed by atoms with Gasteiger partial charge in [0.1, 0.15) is 16.6 Å². The molecule has 2 nitrogen and oxygen atoms in total. The zero-order valence-corrected chi connectivity index (χ0v) is 9.54. The number of phenolic OH excluding ortho intramolecular Hbond substituents is 1. The van der Waals surface area contributed by atoms with E-state index >= 15 is 0 Å². The maximum atomic E-state index is 13.0. The fraction of sp³-hybridized carbons (Fsp3) is 0. The number of phenols is 1. The predicted octanol–water partition coefficient (Wildman–Crippen LogP) is 3.81. The van der Waals surface area contributed by atoms with Crippen LogP contribution in [0.25, 0.3) is 20.8 Å². The van der Waals surface area contributed by atoms with Gasteiger partial charge in [0, 0.05) is 5.56 Å². The standard InChI is InChI=1S/C13H8FNOS/c14-9-3-6-11-12(7-9)17-13(15-11)8-1-4-10(16)5-2-8/h1-7,16H. The zero-order chi connectivity index (χ0) is 11.8. The molecule has 0 atom stereocenters. The molecule has 2 aromatic carbocycles. The van der Waals surface area contributed by atoms with E-state index in [4.69, 9.17) is 0 Å². The summed E-state index contributed by atoms with van der Waals surface area (Å²) >= 11 is 1.44. The monoisotopic (exact) mass is 245 g/mol. The molecular weight excluding hydrogens is 237 g/mol. The molecule has 17 heavy (non-hydrogen) atoms. The molecule has 0 saturated heterocycles. The first-order valence-electron chi connectivity index (χ1n) is 5.08. The van der Waals surface area contributed by atoms with Crippen molar-refractivity contribution in [2.75, 3.05) is 0 Å². The first-order chi connectivity index (χ1) is 8.22. The number of hydrogen-bond donors (Lipinski definition) is 1. The zero-order valence-electron chi connectivity index (χ0n) is 8.72. The molecule has 0 spiro atoms. The van der Waals surface area contributed by atoms with Crippen molar-refractivity contribution < 1.29 is 9.50 Å². The average molecular weight is 245 g/mol. The third kappa shape index (κ3) is 1.87. The highest BCUT2D eigenvalue weighted by atomic mass is 32.1. The number of nitrogens with zero attached hydrogens (tertiary/aromatic N) is 1.